The Morgan fingerprint density at radius 1 is 0.900 bits per heavy atom. The topological polar surface area (TPSA) is 134 Å². The van der Waals surface area contributed by atoms with Gasteiger partial charge in [-0.3, -0.25) is 10.9 Å². The largest absolute Gasteiger partial charge is 0.347 e. The lowest BCUT2D eigenvalue weighted by atomic mass is 11.0. The first-order valence-corrected chi connectivity index (χ1v) is 2.24. The molecule has 8 nitrogen and oxygen atoms in total. The van der Waals surface area contributed by atoms with Crippen LogP contribution in [0.2, 0.25) is 0 Å². The lowest BCUT2D eigenvalue weighted by Gasteiger charge is -2.03. The van der Waals surface area contributed by atoms with E-state index in [0.717, 1.165) is 0 Å². The van der Waals surface area contributed by atoms with E-state index in [2.05, 4.69) is 11.7 Å². The Hall–Kier alpha value is -1.54. The molecular formula is C2H8N6O2. The number of hydrogen-bond donors (Lipinski definition) is 6. The highest BCUT2D eigenvalue weighted by molar-refractivity contribution is 5.79. The van der Waals surface area contributed by atoms with Crippen LogP contribution >= 0.6 is 0 Å². The van der Waals surface area contributed by atoms with Gasteiger partial charge in [-0.25, -0.2) is 32.1 Å². The number of rotatable bonds is 0. The maximum atomic E-state index is 10.2. The summed E-state index contributed by atoms with van der Waals surface area (Å²) in [6.45, 7) is 0. The van der Waals surface area contributed by atoms with Gasteiger partial charge in [0.2, 0.25) is 0 Å². The average molecular weight is 148 g/mol. The molecule has 0 aromatic rings. The van der Waals surface area contributed by atoms with Gasteiger partial charge in [0.25, 0.3) is 0 Å². The van der Waals surface area contributed by atoms with Gasteiger partial charge in [0.05, 0.1) is 0 Å². The highest BCUT2D eigenvalue weighted by Crippen LogP contribution is 1.54. The van der Waals surface area contributed by atoms with Crippen LogP contribution < -0.4 is 33.4 Å². The van der Waals surface area contributed by atoms with Crippen molar-refractivity contribution >= 4 is 12.1 Å². The number of amides is 4. The van der Waals surface area contributed by atoms with Gasteiger partial charge < -0.3 is 0 Å². The molecule has 0 rings (SSSR count). The van der Waals surface area contributed by atoms with Crippen LogP contribution in [0.4, 0.5) is 9.59 Å². The zero-order valence-corrected chi connectivity index (χ0v) is 4.97. The second-order valence-electron chi connectivity index (χ2n) is 1.20. The number of urea groups is 2. The molecule has 0 heterocycles. The van der Waals surface area contributed by atoms with Crippen molar-refractivity contribution in [2.45, 2.75) is 0 Å². The van der Waals surface area contributed by atoms with Crippen molar-refractivity contribution in [2.24, 2.45) is 11.7 Å². The molecule has 0 aromatic carbocycles. The van der Waals surface area contributed by atoms with Crippen LogP contribution in [0, 0.1) is 0 Å². The molecule has 0 saturated heterocycles. The second kappa shape index (κ2) is 4.35. The molecule has 10 heavy (non-hydrogen) atoms. The normalized spacial score (nSPS) is 7.80. The fourth-order valence-electron chi connectivity index (χ4n) is 0.186. The molecule has 0 fully saturated rings. The SMILES string of the molecule is NNC(=O)NNC(=O)NN. The Morgan fingerprint density at radius 3 is 1.40 bits per heavy atom. The van der Waals surface area contributed by atoms with Crippen molar-refractivity contribution < 1.29 is 9.59 Å². The molecule has 8 heteroatoms. The molecular weight excluding hydrogens is 140 g/mol. The van der Waals surface area contributed by atoms with Crippen LogP contribution in [0.3, 0.4) is 0 Å². The first-order chi connectivity index (χ1) is 4.70. The van der Waals surface area contributed by atoms with Crippen molar-refractivity contribution in [1.29, 1.82) is 0 Å². The van der Waals surface area contributed by atoms with Crippen LogP contribution in [0.25, 0.3) is 0 Å². The van der Waals surface area contributed by atoms with Gasteiger partial charge in [0.1, 0.15) is 0 Å². The van der Waals surface area contributed by atoms with Gasteiger partial charge >= 0.3 is 12.1 Å². The molecule has 0 saturated carbocycles. The van der Waals surface area contributed by atoms with Gasteiger partial charge in [-0.2, -0.15) is 0 Å². The van der Waals surface area contributed by atoms with Gasteiger partial charge in [-0.15, -0.1) is 0 Å². The zero-order valence-electron chi connectivity index (χ0n) is 4.97. The first-order valence-electron chi connectivity index (χ1n) is 2.24. The Bertz CT molecular complexity index is 118. The highest BCUT2D eigenvalue weighted by Gasteiger charge is 1.97. The predicted octanol–water partition coefficient (Wildman–Crippen LogP) is -2.75. The molecule has 0 bridgehead atoms. The van der Waals surface area contributed by atoms with E-state index in [1.54, 1.807) is 10.9 Å². The minimum Gasteiger partial charge on any atom is -0.275 e. The van der Waals surface area contributed by atoms with Crippen molar-refractivity contribution in [3.8, 4) is 0 Å². The summed E-state index contributed by atoms with van der Waals surface area (Å²) in [4.78, 5) is 20.4. The molecule has 0 unspecified atom stereocenters. The van der Waals surface area contributed by atoms with Crippen LogP contribution in [0.5, 0.6) is 0 Å². The summed E-state index contributed by atoms with van der Waals surface area (Å²) in [5.41, 5.74) is 7.15. The molecule has 4 amide bonds. The van der Waals surface area contributed by atoms with Gasteiger partial charge in [-0.05, 0) is 0 Å². The molecule has 0 aliphatic heterocycles. The molecule has 0 aliphatic carbocycles. The maximum Gasteiger partial charge on any atom is 0.347 e. The van der Waals surface area contributed by atoms with E-state index in [1.165, 1.54) is 0 Å². The predicted molar refractivity (Wildman–Crippen MR) is 31.7 cm³/mol. The van der Waals surface area contributed by atoms with E-state index in [0.29, 0.717) is 0 Å². The van der Waals surface area contributed by atoms with E-state index < -0.39 is 12.1 Å². The summed E-state index contributed by atoms with van der Waals surface area (Å²) in [7, 11) is 0. The van der Waals surface area contributed by atoms with Crippen LogP contribution in [0.1, 0.15) is 0 Å². The number of hydrazine groups is 3. The van der Waals surface area contributed by atoms with Gasteiger partial charge in [0, 0.05) is 0 Å². The summed E-state index contributed by atoms with van der Waals surface area (Å²) in [6.07, 6.45) is 0. The fraction of sp³-hybridized carbons (Fsp3) is 0. The van der Waals surface area contributed by atoms with E-state index in [4.69, 9.17) is 0 Å². The lowest BCUT2D eigenvalue weighted by molar-refractivity contribution is 0.224. The fourth-order valence-corrected chi connectivity index (χ4v) is 0.186. The second-order valence-corrected chi connectivity index (χ2v) is 1.20. The third-order valence-electron chi connectivity index (χ3n) is 0.552. The Kier molecular flexibility index (Phi) is 3.68. The highest BCUT2D eigenvalue weighted by atomic mass is 16.2. The molecule has 0 radical (unpaired) electrons. The number of nitrogens with one attached hydrogen (secondary N) is 4. The number of nitrogens with two attached hydrogens (primary N) is 2. The molecule has 8 N–H and O–H groups in total. The molecule has 0 spiro atoms. The summed E-state index contributed by atoms with van der Waals surface area (Å²) in [5.74, 6) is 9.27. The Morgan fingerprint density at radius 2 is 1.20 bits per heavy atom. The minimum absolute atomic E-state index is 0.747. The van der Waals surface area contributed by atoms with E-state index in [-0.39, 0.29) is 0 Å². The van der Waals surface area contributed by atoms with E-state index in [9.17, 15) is 9.59 Å². The maximum absolute atomic E-state index is 10.2. The zero-order chi connectivity index (χ0) is 7.98. The Balaban J connectivity index is 3.35. The van der Waals surface area contributed by atoms with Crippen molar-refractivity contribution in [2.75, 3.05) is 0 Å². The van der Waals surface area contributed by atoms with Crippen LogP contribution in [0.15, 0.2) is 0 Å². The number of carbonyl (C=O) groups is 2. The first kappa shape index (κ1) is 8.46. The smallest absolute Gasteiger partial charge is 0.275 e. The van der Waals surface area contributed by atoms with Gasteiger partial charge in [-0.1, -0.05) is 0 Å². The number of hydrogen-bond acceptors (Lipinski definition) is 4. The van der Waals surface area contributed by atoms with Crippen molar-refractivity contribution in [3.05, 3.63) is 0 Å². The minimum atomic E-state index is -0.747. The average Bonchev–Trinajstić information content (AvgIpc) is 1.99. The van der Waals surface area contributed by atoms with Crippen molar-refractivity contribution in [3.63, 3.8) is 0 Å². The third-order valence-corrected chi connectivity index (χ3v) is 0.552. The lowest BCUT2D eigenvalue weighted by Crippen LogP contribution is -2.53. The summed E-state index contributed by atoms with van der Waals surface area (Å²) >= 11 is 0. The molecule has 0 aliphatic rings. The van der Waals surface area contributed by atoms with Crippen molar-refractivity contribution in [1.82, 2.24) is 21.7 Å². The molecule has 0 aromatic heterocycles. The quantitative estimate of drug-likeness (QED) is 0.126. The number of carbonyl (C=O) groups excluding carboxylic acids is 2. The van der Waals surface area contributed by atoms with Crippen LogP contribution in [-0.2, 0) is 0 Å². The summed E-state index contributed by atoms with van der Waals surface area (Å²) in [5, 5.41) is 0. The monoisotopic (exact) mass is 148 g/mol. The van der Waals surface area contributed by atoms with Crippen LogP contribution in [-0.4, -0.2) is 12.1 Å². The van der Waals surface area contributed by atoms with Gasteiger partial charge in [0.15, 0.2) is 0 Å². The Labute approximate surface area is 56.2 Å². The molecule has 0 atom stereocenters. The summed E-state index contributed by atoms with van der Waals surface area (Å²) in [6, 6.07) is -1.49. The van der Waals surface area contributed by atoms with E-state index in [1.807, 2.05) is 10.9 Å². The van der Waals surface area contributed by atoms with E-state index >= 15 is 0 Å². The standard InChI is InChI=1S/C2H8N6O2/c3-5-1(9)7-8-2(10)6-4/h3-4H2,(H2,5,7,9)(H2,6,8,10). The summed E-state index contributed by atoms with van der Waals surface area (Å²) < 4.78 is 0. The third kappa shape index (κ3) is 3.46. The molecule has 58 valence electrons.